The number of imidazole rings is 1. The molecule has 3 rings (SSSR count). The number of rotatable bonds is 5. The van der Waals surface area contributed by atoms with Crippen molar-refractivity contribution < 1.29 is 18.0 Å². The molecule has 1 N–H and O–H groups in total. The Morgan fingerprint density at radius 3 is 2.48 bits per heavy atom. The monoisotopic (exact) mass is 376 g/mol. The summed E-state index contributed by atoms with van der Waals surface area (Å²) in [6.07, 6.45) is 1.17. The average Bonchev–Trinajstić information content (AvgIpc) is 3.16. The third-order valence-corrected chi connectivity index (χ3v) is 3.85. The van der Waals surface area contributed by atoms with Gasteiger partial charge in [0.25, 0.3) is 5.56 Å². The summed E-state index contributed by atoms with van der Waals surface area (Å²) in [5.74, 6) is -0.560. The van der Waals surface area contributed by atoms with E-state index in [2.05, 4.69) is 10.3 Å². The maximum absolute atomic E-state index is 12.7. The van der Waals surface area contributed by atoms with Crippen molar-refractivity contribution in [2.24, 2.45) is 0 Å². The van der Waals surface area contributed by atoms with Crippen molar-refractivity contribution in [2.75, 3.05) is 0 Å². The lowest BCUT2D eigenvalue weighted by molar-refractivity contribution is -0.138. The lowest BCUT2D eigenvalue weighted by atomic mass is 10.2. The zero-order chi connectivity index (χ0) is 19.4. The van der Waals surface area contributed by atoms with Crippen LogP contribution in [0, 0.1) is 0 Å². The maximum atomic E-state index is 12.7. The van der Waals surface area contributed by atoms with Gasteiger partial charge in [0.1, 0.15) is 6.54 Å². The van der Waals surface area contributed by atoms with Crippen molar-refractivity contribution in [3.8, 4) is 5.69 Å². The molecule has 0 saturated carbocycles. The number of carbonyl (C=O) groups excluding carboxylic acids is 1. The van der Waals surface area contributed by atoms with E-state index in [9.17, 15) is 22.8 Å². The lowest BCUT2D eigenvalue weighted by Gasteiger charge is -2.11. The van der Waals surface area contributed by atoms with E-state index < -0.39 is 29.8 Å². The molecule has 3 aromatic rings. The van der Waals surface area contributed by atoms with E-state index in [1.165, 1.54) is 0 Å². The third-order valence-electron chi connectivity index (χ3n) is 3.85. The maximum Gasteiger partial charge on any atom is 0.417 e. The first-order valence-corrected chi connectivity index (χ1v) is 7.94. The summed E-state index contributed by atoms with van der Waals surface area (Å²) in [5.41, 5.74) is 0.0505. The molecule has 1 amide bonds. The number of hydrogen-bond donors (Lipinski definition) is 1. The predicted octanol–water partition coefficient (Wildman–Crippen LogP) is 2.37. The minimum absolute atomic E-state index is 0.191. The summed E-state index contributed by atoms with van der Waals surface area (Å²) in [4.78, 5) is 27.6. The second kappa shape index (κ2) is 7.48. The van der Waals surface area contributed by atoms with Gasteiger partial charge in [0.15, 0.2) is 0 Å². The van der Waals surface area contributed by atoms with Crippen molar-refractivity contribution in [1.29, 1.82) is 0 Å². The predicted molar refractivity (Wildman–Crippen MR) is 91.1 cm³/mol. The van der Waals surface area contributed by atoms with E-state index in [0.29, 0.717) is 12.3 Å². The Balaban J connectivity index is 1.61. The summed E-state index contributed by atoms with van der Waals surface area (Å²) in [6, 6.07) is 8.81. The van der Waals surface area contributed by atoms with Gasteiger partial charge < -0.3 is 14.5 Å². The number of amides is 1. The second-order valence-corrected chi connectivity index (χ2v) is 5.79. The molecule has 0 bridgehead atoms. The number of benzene rings is 1. The molecule has 0 atom stereocenters. The zero-order valence-electron chi connectivity index (χ0n) is 14.0. The Morgan fingerprint density at radius 2 is 1.85 bits per heavy atom. The van der Waals surface area contributed by atoms with Crippen LogP contribution >= 0.6 is 0 Å². The Kier molecular flexibility index (Phi) is 5.11. The van der Waals surface area contributed by atoms with E-state index in [4.69, 9.17) is 0 Å². The number of hydrogen-bond acceptors (Lipinski definition) is 3. The average molecular weight is 376 g/mol. The molecular formula is C18H15F3N4O2. The number of nitrogens with zero attached hydrogens (tertiary/aromatic N) is 3. The number of nitrogens with one attached hydrogen (secondary N) is 1. The van der Waals surface area contributed by atoms with E-state index in [1.54, 1.807) is 18.7 Å². The zero-order valence-corrected chi connectivity index (χ0v) is 14.0. The SMILES string of the molecule is O=C(Cn1cc(C(F)(F)F)ccc1=O)NCc1ccc(-n2ccnc2)cc1. The van der Waals surface area contributed by atoms with Crippen LogP contribution in [0.4, 0.5) is 13.2 Å². The normalized spacial score (nSPS) is 11.4. The van der Waals surface area contributed by atoms with Gasteiger partial charge in [-0.25, -0.2) is 4.98 Å². The van der Waals surface area contributed by atoms with Crippen LogP contribution in [0.5, 0.6) is 0 Å². The number of aromatic nitrogens is 3. The fourth-order valence-electron chi connectivity index (χ4n) is 2.43. The first-order valence-electron chi connectivity index (χ1n) is 7.94. The summed E-state index contributed by atoms with van der Waals surface area (Å²) in [6.45, 7) is -0.299. The molecule has 0 saturated heterocycles. The van der Waals surface area contributed by atoms with Crippen molar-refractivity contribution >= 4 is 5.91 Å². The molecule has 0 unspecified atom stereocenters. The van der Waals surface area contributed by atoms with Gasteiger partial charge in [0.2, 0.25) is 5.91 Å². The third kappa shape index (κ3) is 4.63. The standard InChI is InChI=1S/C18H15F3N4O2/c19-18(20,21)14-3-6-17(27)25(10-14)11-16(26)23-9-13-1-4-15(5-2-13)24-8-7-22-12-24/h1-8,10,12H,9,11H2,(H,23,26). The lowest BCUT2D eigenvalue weighted by Crippen LogP contribution is -2.32. The number of carbonyl (C=O) groups is 1. The van der Waals surface area contributed by atoms with Crippen LogP contribution in [-0.2, 0) is 24.1 Å². The van der Waals surface area contributed by atoms with Crippen LogP contribution in [-0.4, -0.2) is 20.0 Å². The highest BCUT2D eigenvalue weighted by Crippen LogP contribution is 2.27. The molecule has 0 fully saturated rings. The first kappa shape index (κ1) is 18.4. The van der Waals surface area contributed by atoms with Gasteiger partial charge in [-0.15, -0.1) is 0 Å². The molecule has 9 heteroatoms. The van der Waals surface area contributed by atoms with Crippen LogP contribution in [0.2, 0.25) is 0 Å². The van der Waals surface area contributed by atoms with Crippen molar-refractivity contribution in [1.82, 2.24) is 19.4 Å². The Morgan fingerprint density at radius 1 is 1.11 bits per heavy atom. The molecule has 27 heavy (non-hydrogen) atoms. The molecule has 2 heterocycles. The van der Waals surface area contributed by atoms with Gasteiger partial charge in [0, 0.05) is 36.9 Å². The van der Waals surface area contributed by atoms with Crippen LogP contribution in [0.1, 0.15) is 11.1 Å². The quantitative estimate of drug-likeness (QED) is 0.743. The minimum Gasteiger partial charge on any atom is -0.350 e. The Bertz CT molecular complexity index is 977. The largest absolute Gasteiger partial charge is 0.417 e. The topological polar surface area (TPSA) is 68.9 Å². The molecule has 1 aromatic carbocycles. The molecule has 0 spiro atoms. The van der Waals surface area contributed by atoms with Gasteiger partial charge in [-0.2, -0.15) is 13.2 Å². The summed E-state index contributed by atoms with van der Waals surface area (Å²) in [7, 11) is 0. The van der Waals surface area contributed by atoms with Crippen molar-refractivity contribution in [3.63, 3.8) is 0 Å². The van der Waals surface area contributed by atoms with E-state index in [-0.39, 0.29) is 6.54 Å². The smallest absolute Gasteiger partial charge is 0.350 e. The first-order chi connectivity index (χ1) is 12.8. The highest BCUT2D eigenvalue weighted by Gasteiger charge is 2.31. The number of alkyl halides is 3. The fraction of sp³-hybridized carbons (Fsp3) is 0.167. The molecular weight excluding hydrogens is 361 g/mol. The Hall–Kier alpha value is -3.36. The van der Waals surface area contributed by atoms with Crippen LogP contribution in [0.25, 0.3) is 5.69 Å². The van der Waals surface area contributed by atoms with Gasteiger partial charge in [0.05, 0.1) is 11.9 Å². The van der Waals surface area contributed by atoms with Crippen LogP contribution < -0.4 is 10.9 Å². The van der Waals surface area contributed by atoms with Gasteiger partial charge in [-0.3, -0.25) is 9.59 Å². The molecule has 2 aromatic heterocycles. The molecule has 0 aliphatic heterocycles. The summed E-state index contributed by atoms with van der Waals surface area (Å²) >= 11 is 0. The Labute approximate surface area is 151 Å². The molecule has 6 nitrogen and oxygen atoms in total. The molecule has 0 aliphatic carbocycles. The van der Waals surface area contributed by atoms with E-state index >= 15 is 0 Å². The second-order valence-electron chi connectivity index (χ2n) is 5.79. The van der Waals surface area contributed by atoms with Gasteiger partial charge in [-0.05, 0) is 23.8 Å². The molecule has 140 valence electrons. The fourth-order valence-corrected chi connectivity index (χ4v) is 2.43. The van der Waals surface area contributed by atoms with Crippen LogP contribution in [0.15, 0.2) is 66.1 Å². The highest BCUT2D eigenvalue weighted by atomic mass is 19.4. The molecule has 0 radical (unpaired) electrons. The highest BCUT2D eigenvalue weighted by molar-refractivity contribution is 5.75. The minimum atomic E-state index is -4.58. The van der Waals surface area contributed by atoms with Crippen LogP contribution in [0.3, 0.4) is 0 Å². The summed E-state index contributed by atoms with van der Waals surface area (Å²) in [5, 5.41) is 2.59. The van der Waals surface area contributed by atoms with E-state index in [1.807, 2.05) is 28.8 Å². The molecule has 0 aliphatic rings. The summed E-state index contributed by atoms with van der Waals surface area (Å²) < 4.78 is 40.7. The number of halogens is 3. The van der Waals surface area contributed by atoms with Crippen molar-refractivity contribution in [3.05, 3.63) is 82.8 Å². The van der Waals surface area contributed by atoms with Gasteiger partial charge >= 0.3 is 6.18 Å². The van der Waals surface area contributed by atoms with Gasteiger partial charge in [-0.1, -0.05) is 12.1 Å². The number of pyridine rings is 1. The van der Waals surface area contributed by atoms with E-state index in [0.717, 1.165) is 21.9 Å². The van der Waals surface area contributed by atoms with Crippen molar-refractivity contribution in [2.45, 2.75) is 19.3 Å².